The predicted molar refractivity (Wildman–Crippen MR) is 121 cm³/mol. The van der Waals surface area contributed by atoms with Crippen LogP contribution < -0.4 is 4.57 Å². The van der Waals surface area contributed by atoms with Gasteiger partial charge in [-0.25, -0.2) is 9.82 Å². The zero-order valence-electron chi connectivity index (χ0n) is 18.2. The summed E-state index contributed by atoms with van der Waals surface area (Å²) in [4.78, 5) is 5.45. The van der Waals surface area contributed by atoms with Gasteiger partial charge in [-0.05, 0) is 63.0 Å². The van der Waals surface area contributed by atoms with E-state index >= 15 is 0 Å². The Bertz CT molecular complexity index is 1200. The van der Waals surface area contributed by atoms with E-state index in [1.54, 1.807) is 12.1 Å². The van der Waals surface area contributed by atoms with Crippen LogP contribution in [0.5, 0.6) is 0 Å². The summed E-state index contributed by atoms with van der Waals surface area (Å²) >= 11 is 0.871. The lowest BCUT2D eigenvalue weighted by molar-refractivity contribution is -0.684. The highest BCUT2D eigenvalue weighted by Gasteiger charge is 2.41. The molecule has 0 fully saturated rings. The normalized spacial score (nSPS) is 15.5. The highest BCUT2D eigenvalue weighted by atomic mass is 32.2. The van der Waals surface area contributed by atoms with Gasteiger partial charge in [-0.15, -0.1) is 4.33 Å². The lowest BCUT2D eigenvalue weighted by Gasteiger charge is -2.16. The maximum absolute atomic E-state index is 11.4. The van der Waals surface area contributed by atoms with Gasteiger partial charge >= 0.3 is 5.82 Å². The van der Waals surface area contributed by atoms with Gasteiger partial charge in [0.15, 0.2) is 0 Å². The third-order valence-electron chi connectivity index (χ3n) is 5.61. The van der Waals surface area contributed by atoms with Crippen molar-refractivity contribution >= 4 is 33.7 Å². The number of benzene rings is 1. The van der Waals surface area contributed by atoms with Crippen LogP contribution in [0.3, 0.4) is 0 Å². The van der Waals surface area contributed by atoms with E-state index in [9.17, 15) is 13.0 Å². The summed E-state index contributed by atoms with van der Waals surface area (Å²) in [6, 6.07) is 9.23. The number of aryl methyl sites for hydroxylation is 1. The maximum atomic E-state index is 11.4. The summed E-state index contributed by atoms with van der Waals surface area (Å²) in [6.45, 7) is 8.02. The van der Waals surface area contributed by atoms with Crippen LogP contribution >= 0.6 is 12.0 Å². The van der Waals surface area contributed by atoms with Gasteiger partial charge in [0.2, 0.25) is 0 Å². The molecule has 8 nitrogen and oxygen atoms in total. The monoisotopic (exact) mass is 477 g/mol. The molecule has 32 heavy (non-hydrogen) atoms. The Labute approximate surface area is 192 Å². The van der Waals surface area contributed by atoms with Crippen molar-refractivity contribution < 1.29 is 32.2 Å². The van der Waals surface area contributed by atoms with E-state index in [-0.39, 0.29) is 11.8 Å². The van der Waals surface area contributed by atoms with Gasteiger partial charge in [-0.1, -0.05) is 16.9 Å². The van der Waals surface area contributed by atoms with Crippen LogP contribution in [0.4, 0.5) is 5.82 Å². The molecule has 0 amide bonds. The second-order valence-corrected chi connectivity index (χ2v) is 10.7. The van der Waals surface area contributed by atoms with Crippen molar-refractivity contribution in [1.29, 1.82) is 0 Å². The SMILES string of the molecule is CC1=Nc2c(cc(C#Cc3ccc(SOOO)cc3)c[n+]2CCC(C)S(=O)(=O)O)C1(C)C. The van der Waals surface area contributed by atoms with Crippen molar-refractivity contribution in [2.75, 3.05) is 0 Å². The minimum absolute atomic E-state index is 0.251. The second-order valence-electron chi connectivity index (χ2n) is 8.10. The summed E-state index contributed by atoms with van der Waals surface area (Å²) in [6.07, 6.45) is 2.11. The van der Waals surface area contributed by atoms with E-state index in [2.05, 4.69) is 35.1 Å². The number of pyridine rings is 1. The Balaban J connectivity index is 1.92. The molecular weight excluding hydrogens is 452 g/mol. The molecule has 2 heterocycles. The number of rotatable bonds is 7. The third-order valence-corrected chi connectivity index (χ3v) is 7.46. The van der Waals surface area contributed by atoms with E-state index in [0.29, 0.717) is 6.54 Å². The number of nitrogens with zero attached hydrogens (tertiary/aromatic N) is 2. The zero-order chi connectivity index (χ0) is 23.5. The minimum atomic E-state index is -4.10. The molecule has 3 rings (SSSR count). The molecule has 0 spiro atoms. The Morgan fingerprint density at radius 1 is 1.22 bits per heavy atom. The van der Waals surface area contributed by atoms with Gasteiger partial charge in [0.1, 0.15) is 11.9 Å². The molecule has 2 N–H and O–H groups in total. The fourth-order valence-corrected chi connectivity index (χ4v) is 3.98. The number of hydrogen-bond acceptors (Lipinski definition) is 7. The van der Waals surface area contributed by atoms with Crippen LogP contribution in [0.25, 0.3) is 0 Å². The van der Waals surface area contributed by atoms with Crippen molar-refractivity contribution in [2.24, 2.45) is 4.99 Å². The fraction of sp³-hybridized carbons (Fsp3) is 0.364. The van der Waals surface area contributed by atoms with Crippen molar-refractivity contribution in [1.82, 2.24) is 0 Å². The third kappa shape index (κ3) is 5.56. The molecule has 1 aromatic heterocycles. The van der Waals surface area contributed by atoms with Gasteiger partial charge < -0.3 is 0 Å². The van der Waals surface area contributed by atoms with Crippen LogP contribution in [0.1, 0.15) is 50.8 Å². The van der Waals surface area contributed by atoms with E-state index < -0.39 is 15.4 Å². The first kappa shape index (κ1) is 24.4. The zero-order valence-corrected chi connectivity index (χ0v) is 19.8. The highest BCUT2D eigenvalue weighted by Crippen LogP contribution is 2.38. The van der Waals surface area contributed by atoms with Crippen LogP contribution in [-0.2, 0) is 31.4 Å². The first-order valence-corrected chi connectivity index (χ1v) is 12.1. The van der Waals surface area contributed by atoms with Gasteiger partial charge in [0, 0.05) is 16.9 Å². The Morgan fingerprint density at radius 3 is 2.50 bits per heavy atom. The molecule has 1 aliphatic heterocycles. The molecule has 1 aromatic carbocycles. The minimum Gasteiger partial charge on any atom is -0.285 e. The predicted octanol–water partition coefficient (Wildman–Crippen LogP) is 3.85. The van der Waals surface area contributed by atoms with Gasteiger partial charge in [-0.3, -0.25) is 4.55 Å². The first-order valence-electron chi connectivity index (χ1n) is 9.89. The molecule has 1 aliphatic rings. The molecule has 0 saturated carbocycles. The van der Waals surface area contributed by atoms with Crippen molar-refractivity contribution in [2.45, 2.75) is 56.2 Å². The molecule has 10 heteroatoms. The second kappa shape index (κ2) is 9.70. The Kier molecular flexibility index (Phi) is 7.39. The molecule has 0 aliphatic carbocycles. The standard InChI is InChI=1S/C22H24N2O6S2/c1-15(32(26,27)28)11-12-24-14-18(13-20-21(24)23-16(2)22(20,3)4)6-5-17-7-9-19(10-8-17)31-30-29-25/h7-10,13-15H,11-12H2,1-4H3,(H-,25,26,27,28)/p+1. The van der Waals surface area contributed by atoms with E-state index in [1.165, 1.54) is 6.92 Å². The first-order chi connectivity index (χ1) is 15.0. The largest absolute Gasteiger partial charge is 0.327 e. The topological polar surface area (TPSA) is 109 Å². The maximum Gasteiger partial charge on any atom is 0.327 e. The van der Waals surface area contributed by atoms with E-state index in [4.69, 9.17) is 10.2 Å². The van der Waals surface area contributed by atoms with Gasteiger partial charge in [0.05, 0.1) is 40.4 Å². The number of aromatic nitrogens is 1. The van der Waals surface area contributed by atoms with Crippen LogP contribution in [0.2, 0.25) is 0 Å². The smallest absolute Gasteiger partial charge is 0.285 e. The molecule has 0 bridgehead atoms. The highest BCUT2D eigenvalue weighted by molar-refractivity contribution is 7.94. The summed E-state index contributed by atoms with van der Waals surface area (Å²) in [5, 5.41) is 10.9. The summed E-state index contributed by atoms with van der Waals surface area (Å²) in [5.41, 5.74) is 3.29. The molecule has 1 unspecified atom stereocenters. The molecule has 0 saturated heterocycles. The van der Waals surface area contributed by atoms with Crippen LogP contribution in [-0.4, -0.2) is 29.2 Å². The Morgan fingerprint density at radius 2 is 1.88 bits per heavy atom. The van der Waals surface area contributed by atoms with Crippen LogP contribution in [0, 0.1) is 11.8 Å². The molecule has 2 aromatic rings. The molecule has 170 valence electrons. The lowest BCUT2D eigenvalue weighted by Crippen LogP contribution is -2.38. The lowest BCUT2D eigenvalue weighted by atomic mass is 9.82. The quantitative estimate of drug-likeness (QED) is 0.156. The molecule has 1 atom stereocenters. The van der Waals surface area contributed by atoms with Gasteiger partial charge in [-0.2, -0.15) is 8.42 Å². The summed E-state index contributed by atoms with van der Waals surface area (Å²) in [5.74, 6) is 7.08. The number of aliphatic imine (C=N–C) groups is 1. The fourth-order valence-electron chi connectivity index (χ4n) is 3.22. The van der Waals surface area contributed by atoms with E-state index in [1.807, 2.05) is 35.9 Å². The van der Waals surface area contributed by atoms with Crippen LogP contribution in [0.15, 0.2) is 46.4 Å². The number of fused-ring (bicyclic) bond motifs is 1. The summed E-state index contributed by atoms with van der Waals surface area (Å²) < 4.78 is 38.4. The average Bonchev–Trinajstić information content (AvgIpc) is 2.97. The van der Waals surface area contributed by atoms with Crippen molar-refractivity contribution in [3.8, 4) is 11.8 Å². The molecular formula is C22H25N2O6S2+. The average molecular weight is 478 g/mol. The van der Waals surface area contributed by atoms with Crippen molar-refractivity contribution in [3.05, 3.63) is 53.2 Å². The molecule has 0 radical (unpaired) electrons. The van der Waals surface area contributed by atoms with E-state index in [0.717, 1.165) is 45.2 Å². The Hall–Kier alpha value is -2.26. The van der Waals surface area contributed by atoms with Crippen molar-refractivity contribution in [3.63, 3.8) is 0 Å². The van der Waals surface area contributed by atoms with Gasteiger partial charge in [0.25, 0.3) is 10.1 Å². The number of hydrogen-bond donors (Lipinski definition) is 2. The summed E-state index contributed by atoms with van der Waals surface area (Å²) in [7, 11) is -4.10.